The first kappa shape index (κ1) is 16.3. The Morgan fingerprint density at radius 2 is 1.78 bits per heavy atom. The van der Waals surface area contributed by atoms with Gasteiger partial charge in [-0.05, 0) is 27.2 Å². The molecule has 108 valence electrons. The van der Waals surface area contributed by atoms with Crippen LogP contribution < -0.4 is 5.32 Å². The molecule has 2 nitrogen and oxygen atoms in total. The quantitative estimate of drug-likeness (QED) is 0.826. The van der Waals surface area contributed by atoms with Crippen molar-refractivity contribution in [1.29, 1.82) is 0 Å². The summed E-state index contributed by atoms with van der Waals surface area (Å²) in [6.45, 7) is 17.4. The highest BCUT2D eigenvalue weighted by atomic mass is 32.2. The van der Waals surface area contributed by atoms with Crippen molar-refractivity contribution in [1.82, 2.24) is 10.2 Å². The number of rotatable bonds is 5. The maximum absolute atomic E-state index is 3.69. The average molecular weight is 273 g/mol. The first-order valence-corrected chi connectivity index (χ1v) is 8.40. The molecule has 1 saturated heterocycles. The Hall–Kier alpha value is 0.270. The van der Waals surface area contributed by atoms with E-state index in [-0.39, 0.29) is 5.54 Å². The number of nitrogens with one attached hydrogen (secondary N) is 1. The molecule has 1 rings (SSSR count). The van der Waals surface area contributed by atoms with Gasteiger partial charge in [0.2, 0.25) is 0 Å². The Morgan fingerprint density at radius 1 is 1.22 bits per heavy atom. The SMILES string of the molecule is CCCC(CNC(C)(C)C)N1CC(C)SC(C)C1. The van der Waals surface area contributed by atoms with E-state index in [0.717, 1.165) is 17.0 Å². The van der Waals surface area contributed by atoms with Gasteiger partial charge in [-0.1, -0.05) is 27.2 Å². The summed E-state index contributed by atoms with van der Waals surface area (Å²) in [5, 5.41) is 5.25. The van der Waals surface area contributed by atoms with Crippen LogP contribution in [0.3, 0.4) is 0 Å². The van der Waals surface area contributed by atoms with E-state index in [1.165, 1.54) is 25.9 Å². The van der Waals surface area contributed by atoms with Gasteiger partial charge in [0.15, 0.2) is 0 Å². The molecule has 1 fully saturated rings. The van der Waals surface area contributed by atoms with E-state index in [9.17, 15) is 0 Å². The minimum Gasteiger partial charge on any atom is -0.311 e. The van der Waals surface area contributed by atoms with E-state index in [1.807, 2.05) is 0 Å². The zero-order chi connectivity index (χ0) is 13.8. The monoisotopic (exact) mass is 272 g/mol. The highest BCUT2D eigenvalue weighted by molar-refractivity contribution is 8.00. The second kappa shape index (κ2) is 7.16. The number of nitrogens with zero attached hydrogens (tertiary/aromatic N) is 1. The standard InChI is InChI=1S/C15H32N2S/c1-7-8-14(9-16-15(4,5)6)17-10-12(2)18-13(3)11-17/h12-14,16H,7-11H2,1-6H3. The van der Waals surface area contributed by atoms with Gasteiger partial charge in [0, 0.05) is 41.7 Å². The van der Waals surface area contributed by atoms with Gasteiger partial charge in [-0.3, -0.25) is 4.90 Å². The van der Waals surface area contributed by atoms with Gasteiger partial charge in [0.1, 0.15) is 0 Å². The van der Waals surface area contributed by atoms with Gasteiger partial charge in [-0.2, -0.15) is 11.8 Å². The van der Waals surface area contributed by atoms with Crippen LogP contribution in [-0.4, -0.2) is 46.6 Å². The second-order valence-electron chi connectivity index (χ2n) is 6.78. The van der Waals surface area contributed by atoms with Crippen LogP contribution in [0.1, 0.15) is 54.4 Å². The van der Waals surface area contributed by atoms with E-state index in [4.69, 9.17) is 0 Å². The summed E-state index contributed by atoms with van der Waals surface area (Å²) in [5.41, 5.74) is 0.230. The predicted molar refractivity (Wildman–Crippen MR) is 84.5 cm³/mol. The second-order valence-corrected chi connectivity index (χ2v) is 8.67. The zero-order valence-electron chi connectivity index (χ0n) is 13.1. The molecule has 0 radical (unpaired) electrons. The van der Waals surface area contributed by atoms with Crippen molar-refractivity contribution in [3.8, 4) is 0 Å². The summed E-state index contributed by atoms with van der Waals surface area (Å²) in [6, 6.07) is 0.708. The van der Waals surface area contributed by atoms with Gasteiger partial charge < -0.3 is 5.32 Å². The third-order valence-corrected chi connectivity index (χ3v) is 4.68. The molecule has 3 atom stereocenters. The normalized spacial score (nSPS) is 28.3. The smallest absolute Gasteiger partial charge is 0.0221 e. The fourth-order valence-electron chi connectivity index (χ4n) is 2.69. The molecule has 18 heavy (non-hydrogen) atoms. The first-order chi connectivity index (χ1) is 8.31. The molecule has 1 aliphatic rings. The van der Waals surface area contributed by atoms with Crippen molar-refractivity contribution < 1.29 is 0 Å². The summed E-state index contributed by atoms with van der Waals surface area (Å²) in [7, 11) is 0. The molecule has 0 aliphatic carbocycles. The summed E-state index contributed by atoms with van der Waals surface area (Å²) < 4.78 is 0. The molecule has 0 aromatic carbocycles. The molecule has 1 heterocycles. The van der Waals surface area contributed by atoms with E-state index in [2.05, 4.69) is 63.5 Å². The molecule has 3 unspecified atom stereocenters. The Bertz CT molecular complexity index is 227. The van der Waals surface area contributed by atoms with Crippen LogP contribution in [0.2, 0.25) is 0 Å². The number of hydrogen-bond acceptors (Lipinski definition) is 3. The molecule has 3 heteroatoms. The van der Waals surface area contributed by atoms with Crippen LogP contribution in [0, 0.1) is 0 Å². The topological polar surface area (TPSA) is 15.3 Å². The van der Waals surface area contributed by atoms with Gasteiger partial charge in [-0.25, -0.2) is 0 Å². The van der Waals surface area contributed by atoms with Crippen LogP contribution in [0.15, 0.2) is 0 Å². The Morgan fingerprint density at radius 3 is 2.22 bits per heavy atom. The molecule has 0 aromatic heterocycles. The van der Waals surface area contributed by atoms with Crippen LogP contribution in [0.5, 0.6) is 0 Å². The summed E-state index contributed by atoms with van der Waals surface area (Å²) in [4.78, 5) is 2.72. The van der Waals surface area contributed by atoms with Crippen LogP contribution in [0.25, 0.3) is 0 Å². The summed E-state index contributed by atoms with van der Waals surface area (Å²) in [6.07, 6.45) is 2.59. The van der Waals surface area contributed by atoms with Crippen molar-refractivity contribution in [3.63, 3.8) is 0 Å². The van der Waals surface area contributed by atoms with E-state index >= 15 is 0 Å². The van der Waals surface area contributed by atoms with Crippen molar-refractivity contribution >= 4 is 11.8 Å². The lowest BCUT2D eigenvalue weighted by Crippen LogP contribution is -2.52. The van der Waals surface area contributed by atoms with Crippen molar-refractivity contribution in [3.05, 3.63) is 0 Å². The third kappa shape index (κ3) is 5.94. The average Bonchev–Trinajstić information content (AvgIpc) is 2.21. The summed E-state index contributed by atoms with van der Waals surface area (Å²) in [5.74, 6) is 0. The highest BCUT2D eigenvalue weighted by Gasteiger charge is 2.27. The first-order valence-electron chi connectivity index (χ1n) is 7.46. The van der Waals surface area contributed by atoms with Gasteiger partial charge in [-0.15, -0.1) is 0 Å². The minimum absolute atomic E-state index is 0.230. The Balaban J connectivity index is 2.54. The molecule has 0 spiro atoms. The van der Waals surface area contributed by atoms with Crippen LogP contribution in [0.4, 0.5) is 0 Å². The maximum Gasteiger partial charge on any atom is 0.0221 e. The molecule has 0 aromatic rings. The minimum atomic E-state index is 0.230. The van der Waals surface area contributed by atoms with Crippen molar-refractivity contribution in [2.75, 3.05) is 19.6 Å². The molecule has 1 N–H and O–H groups in total. The molecular formula is C15H32N2S. The fraction of sp³-hybridized carbons (Fsp3) is 1.00. The molecule has 0 amide bonds. The predicted octanol–water partition coefficient (Wildman–Crippen LogP) is 3.37. The zero-order valence-corrected chi connectivity index (χ0v) is 13.9. The van der Waals surface area contributed by atoms with E-state index < -0.39 is 0 Å². The van der Waals surface area contributed by atoms with Gasteiger partial charge in [0.25, 0.3) is 0 Å². The van der Waals surface area contributed by atoms with Crippen LogP contribution >= 0.6 is 11.8 Å². The summed E-state index contributed by atoms with van der Waals surface area (Å²) >= 11 is 2.14. The molecule has 0 saturated carbocycles. The largest absolute Gasteiger partial charge is 0.311 e. The highest BCUT2D eigenvalue weighted by Crippen LogP contribution is 2.26. The van der Waals surface area contributed by atoms with Gasteiger partial charge in [0.05, 0.1) is 0 Å². The Labute approximate surface area is 118 Å². The molecular weight excluding hydrogens is 240 g/mol. The van der Waals surface area contributed by atoms with Crippen molar-refractivity contribution in [2.24, 2.45) is 0 Å². The van der Waals surface area contributed by atoms with E-state index in [1.54, 1.807) is 0 Å². The van der Waals surface area contributed by atoms with Gasteiger partial charge >= 0.3 is 0 Å². The maximum atomic E-state index is 3.69. The third-order valence-electron chi connectivity index (χ3n) is 3.45. The fourth-order valence-corrected chi connectivity index (χ4v) is 4.04. The lowest BCUT2D eigenvalue weighted by molar-refractivity contribution is 0.170. The molecule has 1 aliphatic heterocycles. The van der Waals surface area contributed by atoms with E-state index in [0.29, 0.717) is 6.04 Å². The Kier molecular flexibility index (Phi) is 6.49. The lowest BCUT2D eigenvalue weighted by Gasteiger charge is -2.41. The number of hydrogen-bond donors (Lipinski definition) is 1. The number of thioether (sulfide) groups is 1. The molecule has 0 bridgehead atoms. The lowest BCUT2D eigenvalue weighted by atomic mass is 10.1. The van der Waals surface area contributed by atoms with Crippen LogP contribution in [-0.2, 0) is 0 Å². The van der Waals surface area contributed by atoms with Crippen molar-refractivity contribution in [2.45, 2.75) is 76.5 Å².